The molecule has 0 aliphatic carbocycles. The van der Waals surface area contributed by atoms with E-state index in [0.717, 1.165) is 62.6 Å². The van der Waals surface area contributed by atoms with Crippen LogP contribution in [0, 0.1) is 6.92 Å². The largest absolute Gasteiger partial charge is 0.296 e. The molecule has 1 aliphatic rings. The summed E-state index contributed by atoms with van der Waals surface area (Å²) in [5.74, 6) is 1.43. The van der Waals surface area contributed by atoms with Gasteiger partial charge in [-0.3, -0.25) is 4.57 Å². The van der Waals surface area contributed by atoms with Crippen molar-refractivity contribution in [3.63, 3.8) is 0 Å². The Labute approximate surface area is 259 Å². The van der Waals surface area contributed by atoms with E-state index < -0.39 is 5.89 Å². The molecular formula is C40H35N4+. The second-order valence-corrected chi connectivity index (χ2v) is 12.0. The van der Waals surface area contributed by atoms with Gasteiger partial charge in [-0.05, 0) is 71.0 Å². The van der Waals surface area contributed by atoms with Gasteiger partial charge in [-0.1, -0.05) is 92.7 Å². The molecule has 0 amide bonds. The normalized spacial score (nSPS) is 12.8. The first-order valence-electron chi connectivity index (χ1n) is 15.8. The van der Waals surface area contributed by atoms with Gasteiger partial charge in [0.25, 0.3) is 5.82 Å². The summed E-state index contributed by atoms with van der Waals surface area (Å²) in [6.45, 7) is 6.15. The van der Waals surface area contributed by atoms with Crippen molar-refractivity contribution in [1.82, 2.24) is 14.1 Å². The number of fused-ring (bicyclic) bond motifs is 5. The molecule has 1 aliphatic heterocycles. The highest BCUT2D eigenvalue weighted by Crippen LogP contribution is 2.43. The molecule has 0 bridgehead atoms. The lowest BCUT2D eigenvalue weighted by atomic mass is 9.89. The van der Waals surface area contributed by atoms with E-state index in [0.29, 0.717) is 0 Å². The Bertz CT molecular complexity index is 2170. The van der Waals surface area contributed by atoms with E-state index in [9.17, 15) is 0 Å². The van der Waals surface area contributed by atoms with Crippen LogP contribution in [0.5, 0.6) is 0 Å². The van der Waals surface area contributed by atoms with E-state index in [1.807, 2.05) is 13.8 Å². The highest BCUT2D eigenvalue weighted by molar-refractivity contribution is 5.88. The van der Waals surface area contributed by atoms with Crippen molar-refractivity contribution in [2.45, 2.75) is 33.1 Å². The molecule has 8 rings (SSSR count). The van der Waals surface area contributed by atoms with Gasteiger partial charge >= 0.3 is 0 Å². The van der Waals surface area contributed by atoms with E-state index in [1.165, 1.54) is 22.4 Å². The van der Waals surface area contributed by atoms with Crippen LogP contribution in [0.1, 0.15) is 43.6 Å². The second-order valence-electron chi connectivity index (χ2n) is 12.0. The first kappa shape index (κ1) is 25.3. The molecule has 0 atom stereocenters. The van der Waals surface area contributed by atoms with Crippen LogP contribution in [0.15, 0.2) is 122 Å². The highest BCUT2D eigenvalue weighted by atomic mass is 15.2. The van der Waals surface area contributed by atoms with E-state index in [1.54, 1.807) is 0 Å². The Morgan fingerprint density at radius 3 is 2.11 bits per heavy atom. The lowest BCUT2D eigenvalue weighted by Gasteiger charge is -2.19. The molecule has 0 spiro atoms. The van der Waals surface area contributed by atoms with Gasteiger partial charge in [0.2, 0.25) is 0 Å². The molecule has 4 heteroatoms. The minimum absolute atomic E-state index is 0.768. The summed E-state index contributed by atoms with van der Waals surface area (Å²) in [5, 5.41) is 0. The molecule has 214 valence electrons. The average Bonchev–Trinajstić information content (AvgIpc) is 3.72. The van der Waals surface area contributed by atoms with Crippen LogP contribution in [0.3, 0.4) is 0 Å². The minimum Gasteiger partial charge on any atom is -0.296 e. The molecule has 0 saturated heterocycles. The maximum atomic E-state index is 9.05. The predicted molar refractivity (Wildman–Crippen MR) is 180 cm³/mol. The third-order valence-corrected chi connectivity index (χ3v) is 9.03. The van der Waals surface area contributed by atoms with Gasteiger partial charge in [-0.25, -0.2) is 9.55 Å². The number of hydrogen-bond donors (Lipinski definition) is 0. The topological polar surface area (TPSA) is 26.6 Å². The molecular weight excluding hydrogens is 536 g/mol. The third-order valence-electron chi connectivity index (χ3n) is 9.03. The minimum atomic E-state index is -0.768. The van der Waals surface area contributed by atoms with Gasteiger partial charge in [-0.2, -0.15) is 4.57 Å². The van der Waals surface area contributed by atoms with Crippen molar-refractivity contribution in [2.24, 2.45) is 7.05 Å². The van der Waals surface area contributed by atoms with E-state index in [-0.39, 0.29) is 0 Å². The highest BCUT2D eigenvalue weighted by Gasteiger charge is 2.33. The summed E-state index contributed by atoms with van der Waals surface area (Å²) in [7, 11) is 2.14. The van der Waals surface area contributed by atoms with Crippen molar-refractivity contribution in [3.8, 4) is 45.0 Å². The first-order chi connectivity index (χ1) is 21.8. The van der Waals surface area contributed by atoms with Gasteiger partial charge in [0.1, 0.15) is 23.9 Å². The molecule has 0 radical (unpaired) electrons. The average molecular weight is 573 g/mol. The van der Waals surface area contributed by atoms with Crippen molar-refractivity contribution in [3.05, 3.63) is 144 Å². The number of hydrogen-bond acceptors (Lipinski definition) is 1. The smallest absolute Gasteiger partial charge is 0.294 e. The molecule has 0 saturated carbocycles. The Morgan fingerprint density at radius 1 is 0.818 bits per heavy atom. The zero-order valence-corrected chi connectivity index (χ0v) is 25.5. The summed E-state index contributed by atoms with van der Waals surface area (Å²) >= 11 is 0. The third kappa shape index (κ3) is 4.05. The molecule has 5 aromatic carbocycles. The lowest BCUT2D eigenvalue weighted by molar-refractivity contribution is -0.659. The molecule has 7 aromatic rings. The van der Waals surface area contributed by atoms with Crippen LogP contribution in [0.4, 0.5) is 0 Å². The van der Waals surface area contributed by atoms with Crippen LogP contribution in [-0.4, -0.2) is 14.1 Å². The zero-order chi connectivity index (χ0) is 30.9. The number of nitrogens with zero attached hydrogens (tertiary/aromatic N) is 4. The van der Waals surface area contributed by atoms with Crippen LogP contribution in [0.2, 0.25) is 0 Å². The monoisotopic (exact) mass is 572 g/mol. The van der Waals surface area contributed by atoms with Gasteiger partial charge in [0.15, 0.2) is 0 Å². The lowest BCUT2D eigenvalue weighted by Crippen LogP contribution is -2.30. The standard InChI is InChI=1S/C40H35N4/c1-26(2)30-23-31(28-13-7-5-8-14-28)39(32(24-30)29-15-9-6-10-16-29)43-22-21-42(4)40(43)38-27(3)19-20-35-33(38)25-37-41-34-17-11-12-18-36(34)44(35)37/h5-24,26H,25H2,1-4H3/q+1/i26D. The van der Waals surface area contributed by atoms with Gasteiger partial charge in [-0.15, -0.1) is 0 Å². The van der Waals surface area contributed by atoms with E-state index in [4.69, 9.17) is 6.35 Å². The molecule has 0 unspecified atom stereocenters. The quantitative estimate of drug-likeness (QED) is 0.189. The summed E-state index contributed by atoms with van der Waals surface area (Å²) in [4.78, 5) is 5.03. The molecule has 0 fully saturated rings. The van der Waals surface area contributed by atoms with E-state index in [2.05, 4.69) is 149 Å². The summed E-state index contributed by atoms with van der Waals surface area (Å²) in [6.07, 6.45) is 5.12. The maximum Gasteiger partial charge on any atom is 0.294 e. The number of para-hydroxylation sites is 2. The van der Waals surface area contributed by atoms with Gasteiger partial charge < -0.3 is 0 Å². The Morgan fingerprint density at radius 2 is 1.45 bits per heavy atom. The Hall–Kier alpha value is -5.22. The van der Waals surface area contributed by atoms with Crippen LogP contribution < -0.4 is 4.57 Å². The number of rotatable bonds is 5. The fourth-order valence-corrected chi connectivity index (χ4v) is 6.89. The number of imidazole rings is 2. The van der Waals surface area contributed by atoms with Crippen molar-refractivity contribution < 1.29 is 5.94 Å². The van der Waals surface area contributed by atoms with Crippen LogP contribution in [0.25, 0.3) is 56.0 Å². The number of aromatic nitrogens is 4. The molecule has 3 heterocycles. The second kappa shape index (κ2) is 10.2. The van der Waals surface area contributed by atoms with E-state index >= 15 is 0 Å². The number of benzene rings is 5. The molecule has 44 heavy (non-hydrogen) atoms. The zero-order valence-electron chi connectivity index (χ0n) is 26.5. The Kier molecular flexibility index (Phi) is 5.86. The van der Waals surface area contributed by atoms with Crippen LogP contribution >= 0.6 is 0 Å². The van der Waals surface area contributed by atoms with Crippen molar-refractivity contribution in [1.29, 1.82) is 0 Å². The fourth-order valence-electron chi connectivity index (χ4n) is 6.89. The molecule has 0 N–H and O–H groups in total. The van der Waals surface area contributed by atoms with Gasteiger partial charge in [0, 0.05) is 18.9 Å². The fraction of sp³-hybridized carbons (Fsp3) is 0.150. The van der Waals surface area contributed by atoms with Crippen LogP contribution in [-0.2, 0) is 13.5 Å². The Balaban J connectivity index is 1.44. The van der Waals surface area contributed by atoms with Crippen molar-refractivity contribution >= 4 is 11.0 Å². The maximum absolute atomic E-state index is 9.05. The summed E-state index contributed by atoms with van der Waals surface area (Å²) in [5.41, 5.74) is 13.7. The number of aryl methyl sites for hydroxylation is 2. The predicted octanol–water partition coefficient (Wildman–Crippen LogP) is 8.98. The molecule has 4 nitrogen and oxygen atoms in total. The van der Waals surface area contributed by atoms with Gasteiger partial charge in [0.05, 0.1) is 29.3 Å². The summed E-state index contributed by atoms with van der Waals surface area (Å²) in [6, 6.07) is 38.5. The first-order valence-corrected chi connectivity index (χ1v) is 15.3. The van der Waals surface area contributed by atoms with Crippen molar-refractivity contribution in [2.75, 3.05) is 0 Å². The summed E-state index contributed by atoms with van der Waals surface area (Å²) < 4.78 is 16.0. The molecule has 2 aromatic heterocycles. The SMILES string of the molecule is [2H]C(C)(C)c1cc(-c2ccccc2)c(-n2cc[n+](C)c2-c2c(C)ccc3c2Cc2nc4ccccc4n2-3)c(-c2ccccc2)c1.